The highest BCUT2D eigenvalue weighted by Gasteiger charge is 2.35. The number of nitrogens with one attached hydrogen (secondary N) is 1. The molecule has 0 radical (unpaired) electrons. The molecule has 1 fully saturated rings. The molecule has 3 rings (SSSR count). The predicted octanol–water partition coefficient (Wildman–Crippen LogP) is 1.77. The number of hydrogen-bond donors (Lipinski definition) is 1. The summed E-state index contributed by atoms with van der Waals surface area (Å²) in [7, 11) is 3.31. The van der Waals surface area contributed by atoms with Gasteiger partial charge < -0.3 is 15.0 Å². The van der Waals surface area contributed by atoms with Crippen molar-refractivity contribution in [2.45, 2.75) is 25.3 Å². The number of methoxy groups -OCH3 is 1. The SMILES string of the molecule is C=C(NC(=O)C(=C)N1Cc2c(cccc2C2CCN(C)CC2)C1=O)C(=O)OC. The fourth-order valence-electron chi connectivity index (χ4n) is 3.78. The van der Waals surface area contributed by atoms with Crippen LogP contribution in [-0.4, -0.2) is 54.8 Å². The minimum atomic E-state index is -0.748. The minimum absolute atomic E-state index is 0.0272. The van der Waals surface area contributed by atoms with E-state index in [9.17, 15) is 14.4 Å². The molecule has 148 valence electrons. The Morgan fingerprint density at radius 1 is 1.21 bits per heavy atom. The van der Waals surface area contributed by atoms with Crippen molar-refractivity contribution in [3.05, 3.63) is 59.4 Å². The second kappa shape index (κ2) is 7.98. The van der Waals surface area contributed by atoms with Crippen LogP contribution in [0.3, 0.4) is 0 Å². The van der Waals surface area contributed by atoms with Crippen LogP contribution in [0.25, 0.3) is 0 Å². The second-order valence-electron chi connectivity index (χ2n) is 7.21. The van der Waals surface area contributed by atoms with E-state index in [1.165, 1.54) is 17.6 Å². The Balaban J connectivity index is 1.77. The van der Waals surface area contributed by atoms with Gasteiger partial charge in [0.05, 0.1) is 13.7 Å². The summed E-state index contributed by atoms with van der Waals surface area (Å²) in [5.41, 5.74) is 2.51. The van der Waals surface area contributed by atoms with Crippen molar-refractivity contribution >= 4 is 17.8 Å². The quantitative estimate of drug-likeness (QED) is 0.619. The maximum Gasteiger partial charge on any atom is 0.353 e. The molecule has 0 unspecified atom stereocenters. The van der Waals surface area contributed by atoms with Gasteiger partial charge in [-0.25, -0.2) is 4.79 Å². The zero-order valence-electron chi connectivity index (χ0n) is 16.3. The first-order chi connectivity index (χ1) is 13.3. The number of rotatable bonds is 5. The molecule has 7 nitrogen and oxygen atoms in total. The average molecular weight is 383 g/mol. The average Bonchev–Trinajstić information content (AvgIpc) is 3.04. The van der Waals surface area contributed by atoms with Crippen molar-refractivity contribution in [2.75, 3.05) is 27.2 Å². The molecular formula is C21H25N3O4. The lowest BCUT2D eigenvalue weighted by Crippen LogP contribution is -2.36. The van der Waals surface area contributed by atoms with E-state index in [4.69, 9.17) is 0 Å². The van der Waals surface area contributed by atoms with Crippen LogP contribution >= 0.6 is 0 Å². The van der Waals surface area contributed by atoms with Crippen LogP contribution < -0.4 is 5.32 Å². The standard InChI is InChI=1S/C21H25N3O4/c1-13(21(27)28-4)22-19(25)14(2)24-12-18-16(6-5-7-17(18)20(24)26)15-8-10-23(3)11-9-15/h5-7,15H,1-2,8-12H2,3-4H3,(H,22,25). The normalized spacial score (nSPS) is 17.2. The summed E-state index contributed by atoms with van der Waals surface area (Å²) in [5.74, 6) is -1.26. The zero-order valence-corrected chi connectivity index (χ0v) is 16.3. The molecule has 0 atom stereocenters. The summed E-state index contributed by atoms with van der Waals surface area (Å²) < 4.78 is 4.51. The molecule has 0 aliphatic carbocycles. The van der Waals surface area contributed by atoms with Crippen molar-refractivity contribution in [1.82, 2.24) is 15.1 Å². The van der Waals surface area contributed by atoms with Crippen LogP contribution in [0.4, 0.5) is 0 Å². The van der Waals surface area contributed by atoms with Gasteiger partial charge in [0.1, 0.15) is 11.4 Å². The number of carbonyl (C=O) groups excluding carboxylic acids is 3. The van der Waals surface area contributed by atoms with Gasteiger partial charge in [-0.05, 0) is 56.1 Å². The summed E-state index contributed by atoms with van der Waals surface area (Å²) >= 11 is 0. The number of fused-ring (bicyclic) bond motifs is 1. The number of likely N-dealkylation sites (tertiary alicyclic amines) is 1. The van der Waals surface area contributed by atoms with E-state index in [1.807, 2.05) is 6.07 Å². The summed E-state index contributed by atoms with van der Waals surface area (Å²) in [4.78, 5) is 40.3. The number of benzene rings is 1. The summed E-state index contributed by atoms with van der Waals surface area (Å²) in [6, 6.07) is 5.76. The zero-order chi connectivity index (χ0) is 20.4. The molecule has 1 saturated heterocycles. The van der Waals surface area contributed by atoms with E-state index in [0.717, 1.165) is 31.5 Å². The van der Waals surface area contributed by atoms with Crippen molar-refractivity contribution in [3.63, 3.8) is 0 Å². The van der Waals surface area contributed by atoms with Gasteiger partial charge in [0.2, 0.25) is 0 Å². The highest BCUT2D eigenvalue weighted by Crippen LogP contribution is 2.36. The first-order valence-corrected chi connectivity index (χ1v) is 9.23. The maximum atomic E-state index is 12.9. The molecule has 1 aromatic carbocycles. The second-order valence-corrected chi connectivity index (χ2v) is 7.21. The topological polar surface area (TPSA) is 79.0 Å². The number of hydrogen-bond acceptors (Lipinski definition) is 5. The largest absolute Gasteiger partial charge is 0.464 e. The summed E-state index contributed by atoms with van der Waals surface area (Å²) in [6.45, 7) is 9.56. The Morgan fingerprint density at radius 2 is 1.89 bits per heavy atom. The lowest BCUT2D eigenvalue weighted by molar-refractivity contribution is -0.137. The lowest BCUT2D eigenvalue weighted by atomic mass is 9.85. The minimum Gasteiger partial charge on any atom is -0.464 e. The molecule has 7 heteroatoms. The molecular weight excluding hydrogens is 358 g/mol. The smallest absolute Gasteiger partial charge is 0.353 e. The Bertz CT molecular complexity index is 853. The van der Waals surface area contributed by atoms with Crippen LogP contribution in [0.2, 0.25) is 0 Å². The third kappa shape index (κ3) is 3.71. The van der Waals surface area contributed by atoms with E-state index in [0.29, 0.717) is 18.0 Å². The molecule has 1 N–H and O–H groups in total. The van der Waals surface area contributed by atoms with Gasteiger partial charge in [-0.3, -0.25) is 14.5 Å². The van der Waals surface area contributed by atoms with Gasteiger partial charge >= 0.3 is 5.97 Å². The number of piperidine rings is 1. The third-order valence-electron chi connectivity index (χ3n) is 5.45. The highest BCUT2D eigenvalue weighted by molar-refractivity contribution is 6.07. The molecule has 2 aliphatic heterocycles. The van der Waals surface area contributed by atoms with Gasteiger partial charge in [-0.2, -0.15) is 0 Å². The molecule has 0 bridgehead atoms. The Kier molecular flexibility index (Phi) is 5.65. The monoisotopic (exact) mass is 383 g/mol. The van der Waals surface area contributed by atoms with E-state index >= 15 is 0 Å². The number of amides is 2. The molecule has 1 aromatic rings. The fraction of sp³-hybridized carbons (Fsp3) is 0.381. The number of esters is 1. The molecule has 0 spiro atoms. The fourth-order valence-corrected chi connectivity index (χ4v) is 3.78. The lowest BCUT2D eigenvalue weighted by Gasteiger charge is -2.30. The maximum absolute atomic E-state index is 12.9. The first kappa shape index (κ1) is 19.8. The summed E-state index contributed by atoms with van der Waals surface area (Å²) in [6.07, 6.45) is 2.09. The van der Waals surface area contributed by atoms with Gasteiger partial charge in [-0.1, -0.05) is 25.3 Å². The van der Waals surface area contributed by atoms with Crippen molar-refractivity contribution in [1.29, 1.82) is 0 Å². The van der Waals surface area contributed by atoms with Gasteiger partial charge in [0, 0.05) is 5.56 Å². The van der Waals surface area contributed by atoms with E-state index in [1.54, 1.807) is 6.07 Å². The van der Waals surface area contributed by atoms with E-state index in [-0.39, 0.29) is 17.3 Å². The molecule has 28 heavy (non-hydrogen) atoms. The number of ether oxygens (including phenoxy) is 1. The van der Waals surface area contributed by atoms with Crippen LogP contribution in [0.1, 0.15) is 40.2 Å². The molecule has 0 aromatic heterocycles. The van der Waals surface area contributed by atoms with Crippen LogP contribution in [0.5, 0.6) is 0 Å². The van der Waals surface area contributed by atoms with Gasteiger partial charge in [0.25, 0.3) is 11.8 Å². The highest BCUT2D eigenvalue weighted by atomic mass is 16.5. The molecule has 2 aliphatic rings. The van der Waals surface area contributed by atoms with Gasteiger partial charge in [-0.15, -0.1) is 0 Å². The third-order valence-corrected chi connectivity index (χ3v) is 5.45. The van der Waals surface area contributed by atoms with Crippen molar-refractivity contribution in [3.8, 4) is 0 Å². The number of nitrogens with zero attached hydrogens (tertiary/aromatic N) is 2. The van der Waals surface area contributed by atoms with E-state index in [2.05, 4.69) is 41.2 Å². The predicted molar refractivity (Wildman–Crippen MR) is 104 cm³/mol. The Morgan fingerprint density at radius 3 is 2.54 bits per heavy atom. The van der Waals surface area contributed by atoms with Crippen molar-refractivity contribution in [2.24, 2.45) is 0 Å². The van der Waals surface area contributed by atoms with Crippen molar-refractivity contribution < 1.29 is 19.1 Å². The van der Waals surface area contributed by atoms with E-state index < -0.39 is 11.9 Å². The number of carbonyl (C=O) groups is 3. The van der Waals surface area contributed by atoms with Crippen LogP contribution in [-0.2, 0) is 20.9 Å². The van der Waals surface area contributed by atoms with Crippen LogP contribution in [0, 0.1) is 0 Å². The Labute approximate surface area is 164 Å². The van der Waals surface area contributed by atoms with Crippen LogP contribution in [0.15, 0.2) is 42.8 Å². The first-order valence-electron chi connectivity index (χ1n) is 9.23. The molecule has 0 saturated carbocycles. The molecule has 2 heterocycles. The summed E-state index contributed by atoms with van der Waals surface area (Å²) in [5, 5.41) is 2.33. The Hall–Kier alpha value is -2.93. The van der Waals surface area contributed by atoms with Gasteiger partial charge in [0.15, 0.2) is 0 Å². The molecule has 2 amide bonds.